The molecule has 1 aliphatic carbocycles. The van der Waals surface area contributed by atoms with Crippen LogP contribution in [0.2, 0.25) is 5.02 Å². The third-order valence-corrected chi connectivity index (χ3v) is 6.93. The maximum Gasteiger partial charge on any atom is 0.248 e. The van der Waals surface area contributed by atoms with Gasteiger partial charge in [-0.2, -0.15) is 0 Å². The van der Waals surface area contributed by atoms with Crippen LogP contribution < -0.4 is 5.32 Å². The smallest absolute Gasteiger partial charge is 0.248 e. The molecule has 2 aromatic heterocycles. The highest BCUT2D eigenvalue weighted by Crippen LogP contribution is 2.40. The number of rotatable bonds is 7. The third kappa shape index (κ3) is 5.52. The Kier molecular flexibility index (Phi) is 6.76. The Morgan fingerprint density at radius 1 is 1.19 bits per heavy atom. The fourth-order valence-corrected chi connectivity index (χ4v) is 4.77. The number of likely N-dealkylation sites (tertiary alicyclic amines) is 1. The number of aromatic nitrogens is 5. The van der Waals surface area contributed by atoms with Gasteiger partial charge in [-0.1, -0.05) is 37.6 Å². The van der Waals surface area contributed by atoms with Gasteiger partial charge in [0.05, 0.1) is 18.3 Å². The van der Waals surface area contributed by atoms with Crippen LogP contribution in [-0.2, 0) is 16.1 Å². The Balaban J connectivity index is 1.28. The number of β-amino-alcohol motifs (C(OH)–C–C–N with tert-alkyl or cyclic N) is 1. The summed E-state index contributed by atoms with van der Waals surface area (Å²) in [6.07, 6.45) is 3.32. The van der Waals surface area contributed by atoms with E-state index < -0.39 is 29.5 Å². The molecule has 1 saturated heterocycles. The molecule has 12 heteroatoms. The molecule has 1 saturated carbocycles. The topological polar surface area (TPSA) is 139 Å². The van der Waals surface area contributed by atoms with Crippen LogP contribution in [0.4, 0.5) is 0 Å². The van der Waals surface area contributed by atoms with Crippen molar-refractivity contribution < 1.29 is 19.1 Å². The van der Waals surface area contributed by atoms with E-state index in [2.05, 4.69) is 25.8 Å². The third-order valence-electron chi connectivity index (χ3n) is 6.68. The van der Waals surface area contributed by atoms with Crippen LogP contribution in [0.1, 0.15) is 63.6 Å². The molecule has 0 spiro atoms. The van der Waals surface area contributed by atoms with E-state index in [0.29, 0.717) is 22.4 Å². The highest BCUT2D eigenvalue weighted by atomic mass is 35.5. The van der Waals surface area contributed by atoms with Gasteiger partial charge in [0.2, 0.25) is 23.6 Å². The van der Waals surface area contributed by atoms with Gasteiger partial charge in [-0.15, -0.1) is 15.3 Å². The number of benzene rings is 1. The summed E-state index contributed by atoms with van der Waals surface area (Å²) in [7, 11) is 0. The molecule has 37 heavy (non-hydrogen) atoms. The summed E-state index contributed by atoms with van der Waals surface area (Å²) in [5.41, 5.74) is 1.09. The number of aliphatic hydroxyl groups excluding tert-OH is 1. The second-order valence-electron chi connectivity index (χ2n) is 10.8. The molecule has 5 rings (SSSR count). The number of hydrogen-bond acceptors (Lipinski definition) is 8. The predicted molar refractivity (Wildman–Crippen MR) is 133 cm³/mol. The van der Waals surface area contributed by atoms with Crippen molar-refractivity contribution in [1.29, 1.82) is 0 Å². The quantitative estimate of drug-likeness (QED) is 0.478. The summed E-state index contributed by atoms with van der Waals surface area (Å²) in [5, 5.41) is 30.3. The fraction of sp³-hybridized carbons (Fsp3) is 0.520. The lowest BCUT2D eigenvalue weighted by atomic mass is 9.85. The van der Waals surface area contributed by atoms with Crippen LogP contribution in [0.15, 0.2) is 34.9 Å². The molecular weight excluding hydrogens is 498 g/mol. The first-order chi connectivity index (χ1) is 17.6. The van der Waals surface area contributed by atoms with E-state index in [1.165, 1.54) is 4.90 Å². The lowest BCUT2D eigenvalue weighted by Crippen LogP contribution is -2.50. The van der Waals surface area contributed by atoms with Crippen LogP contribution in [-0.4, -0.2) is 65.7 Å². The van der Waals surface area contributed by atoms with E-state index in [9.17, 15) is 14.7 Å². The number of carbonyl (C=O) groups excluding carboxylic acids is 2. The monoisotopic (exact) mass is 527 g/mol. The Hall–Kier alpha value is -3.31. The van der Waals surface area contributed by atoms with E-state index in [1.807, 2.05) is 27.0 Å². The lowest BCUT2D eigenvalue weighted by Gasteiger charge is -2.34. The van der Waals surface area contributed by atoms with Crippen LogP contribution in [0.5, 0.6) is 0 Å². The second-order valence-corrected chi connectivity index (χ2v) is 11.2. The van der Waals surface area contributed by atoms with E-state index in [1.54, 1.807) is 28.9 Å². The van der Waals surface area contributed by atoms with Gasteiger partial charge < -0.3 is 19.7 Å². The highest BCUT2D eigenvalue weighted by Gasteiger charge is 2.45. The number of nitrogens with zero attached hydrogens (tertiary/aromatic N) is 6. The minimum atomic E-state index is -0.836. The van der Waals surface area contributed by atoms with Crippen molar-refractivity contribution in [2.75, 3.05) is 6.54 Å². The summed E-state index contributed by atoms with van der Waals surface area (Å²) in [6, 6.07) is 5.45. The van der Waals surface area contributed by atoms with Crippen LogP contribution in [0, 0.1) is 5.41 Å². The normalized spacial score (nSPS) is 20.7. The van der Waals surface area contributed by atoms with Crippen molar-refractivity contribution in [3.63, 3.8) is 0 Å². The number of aliphatic hydroxyl groups is 1. The fourth-order valence-electron chi connectivity index (χ4n) is 4.64. The van der Waals surface area contributed by atoms with E-state index in [0.717, 1.165) is 18.5 Å². The van der Waals surface area contributed by atoms with E-state index in [4.69, 9.17) is 16.0 Å². The molecule has 0 bridgehead atoms. The van der Waals surface area contributed by atoms with Gasteiger partial charge >= 0.3 is 0 Å². The molecule has 2 amide bonds. The Morgan fingerprint density at radius 3 is 2.59 bits per heavy atom. The molecule has 0 radical (unpaired) electrons. The van der Waals surface area contributed by atoms with E-state index >= 15 is 0 Å². The zero-order chi connectivity index (χ0) is 26.3. The molecule has 11 nitrogen and oxygen atoms in total. The van der Waals surface area contributed by atoms with Gasteiger partial charge in [-0.25, -0.2) is 4.68 Å². The molecule has 3 heterocycles. The zero-order valence-electron chi connectivity index (χ0n) is 21.0. The van der Waals surface area contributed by atoms with Gasteiger partial charge in [0.1, 0.15) is 12.1 Å². The number of carbonyl (C=O) groups is 2. The number of hydrogen-bond donors (Lipinski definition) is 2. The number of halogens is 1. The predicted octanol–water partition coefficient (Wildman–Crippen LogP) is 2.72. The molecule has 1 aromatic carbocycles. The molecular formula is C25H30ClN7O4. The SMILES string of the molecule is CC(C)(C)[C@@H](C(=O)N1CC(O)CC1C(=O)NCc1nnc(-c2ccc(Cl)cc2)o1)n1cc(C2CC2)nn1. The summed E-state index contributed by atoms with van der Waals surface area (Å²) in [6.45, 7) is 5.90. The summed E-state index contributed by atoms with van der Waals surface area (Å²) in [4.78, 5) is 28.4. The zero-order valence-corrected chi connectivity index (χ0v) is 21.7. The van der Waals surface area contributed by atoms with Crippen molar-refractivity contribution in [3.8, 4) is 11.5 Å². The minimum Gasteiger partial charge on any atom is -0.419 e. The molecule has 2 aliphatic rings. The highest BCUT2D eigenvalue weighted by molar-refractivity contribution is 6.30. The van der Waals surface area contributed by atoms with Crippen molar-refractivity contribution in [1.82, 2.24) is 35.4 Å². The molecule has 3 atom stereocenters. The first-order valence-electron chi connectivity index (χ1n) is 12.4. The summed E-state index contributed by atoms with van der Waals surface area (Å²) in [5.74, 6) is 0.250. The van der Waals surface area contributed by atoms with Crippen molar-refractivity contribution in [2.24, 2.45) is 5.41 Å². The van der Waals surface area contributed by atoms with Gasteiger partial charge in [0.25, 0.3) is 0 Å². The summed E-state index contributed by atoms with van der Waals surface area (Å²) < 4.78 is 7.26. The second kappa shape index (κ2) is 9.86. The first kappa shape index (κ1) is 25.3. The van der Waals surface area contributed by atoms with Crippen LogP contribution in [0.3, 0.4) is 0 Å². The standard InChI is InChI=1S/C25H30ClN7O4/c1-25(2,3)21(33-13-18(28-31-33)14-4-5-14)24(36)32-12-17(34)10-19(32)22(35)27-11-20-29-30-23(37-20)15-6-8-16(26)9-7-15/h6-9,13-14,17,19,21,34H,4-5,10-12H2,1-3H3,(H,27,35)/t17?,19?,21-/m1/s1. The molecule has 1 aliphatic heterocycles. The van der Waals surface area contributed by atoms with Crippen LogP contribution in [0.25, 0.3) is 11.5 Å². The summed E-state index contributed by atoms with van der Waals surface area (Å²) >= 11 is 5.92. The van der Waals surface area contributed by atoms with Crippen molar-refractivity contribution >= 4 is 23.4 Å². The number of nitrogens with one attached hydrogen (secondary N) is 1. The molecule has 2 N–H and O–H groups in total. The molecule has 3 aromatic rings. The van der Waals surface area contributed by atoms with Gasteiger partial charge in [0.15, 0.2) is 0 Å². The maximum atomic E-state index is 13.8. The van der Waals surface area contributed by atoms with Crippen molar-refractivity contribution in [3.05, 3.63) is 47.1 Å². The molecule has 2 unspecified atom stereocenters. The Bertz CT molecular complexity index is 1280. The maximum absolute atomic E-state index is 13.8. The average Bonchev–Trinajstić information content (AvgIpc) is 3.22. The largest absolute Gasteiger partial charge is 0.419 e. The first-order valence-corrected chi connectivity index (χ1v) is 12.7. The van der Waals surface area contributed by atoms with Crippen LogP contribution >= 0.6 is 11.6 Å². The number of amides is 2. The Labute approximate surface area is 219 Å². The van der Waals surface area contributed by atoms with Crippen molar-refractivity contribution in [2.45, 2.75) is 70.7 Å². The van der Waals surface area contributed by atoms with Gasteiger partial charge in [-0.3, -0.25) is 9.59 Å². The minimum absolute atomic E-state index is 0.00935. The Morgan fingerprint density at radius 2 is 1.92 bits per heavy atom. The van der Waals surface area contributed by atoms with E-state index in [-0.39, 0.29) is 31.3 Å². The lowest BCUT2D eigenvalue weighted by molar-refractivity contribution is -0.144. The molecule has 2 fully saturated rings. The van der Waals surface area contributed by atoms with Gasteiger partial charge in [0, 0.05) is 35.7 Å². The van der Waals surface area contributed by atoms with Gasteiger partial charge in [-0.05, 0) is 42.5 Å². The average molecular weight is 528 g/mol. The molecule has 196 valence electrons.